The van der Waals surface area contributed by atoms with Crippen molar-refractivity contribution in [2.75, 3.05) is 0 Å². The molecule has 4 heteroatoms. The highest BCUT2D eigenvalue weighted by atomic mass is 14.8. The Hall–Kier alpha value is -2.62. The van der Waals surface area contributed by atoms with Crippen molar-refractivity contribution in [1.29, 1.82) is 0 Å². The van der Waals surface area contributed by atoms with Gasteiger partial charge in [0.15, 0.2) is 0 Å². The predicted octanol–water partition coefficient (Wildman–Crippen LogP) is 3.01. The summed E-state index contributed by atoms with van der Waals surface area (Å²) >= 11 is 0. The van der Waals surface area contributed by atoms with Crippen molar-refractivity contribution in [1.82, 2.24) is 19.9 Å². The summed E-state index contributed by atoms with van der Waals surface area (Å²) in [5.74, 6) is 0. The Bertz CT molecular complexity index is 758. The third-order valence-corrected chi connectivity index (χ3v) is 3.67. The molecule has 0 saturated heterocycles. The van der Waals surface area contributed by atoms with Gasteiger partial charge < -0.3 is 0 Å². The molecule has 0 N–H and O–H groups in total. The highest BCUT2D eigenvalue weighted by molar-refractivity contribution is 6.10. The molecule has 4 rings (SSSR count). The van der Waals surface area contributed by atoms with Gasteiger partial charge in [-0.25, -0.2) is 0 Å². The minimum Gasteiger partial charge on any atom is -0.253 e. The molecule has 2 aliphatic rings. The van der Waals surface area contributed by atoms with Crippen molar-refractivity contribution in [2.24, 2.45) is 0 Å². The van der Waals surface area contributed by atoms with Crippen molar-refractivity contribution in [2.45, 2.75) is 13.8 Å². The number of nitrogens with zero attached hydrogens (tertiary/aromatic N) is 4. The van der Waals surface area contributed by atoms with Crippen molar-refractivity contribution in [3.63, 3.8) is 0 Å². The molecule has 0 fully saturated rings. The average Bonchev–Trinajstić information content (AvgIpc) is 2.99. The maximum absolute atomic E-state index is 4.48. The van der Waals surface area contributed by atoms with Crippen molar-refractivity contribution in [3.8, 4) is 0 Å². The summed E-state index contributed by atoms with van der Waals surface area (Å²) in [6, 6.07) is 0. The highest BCUT2D eigenvalue weighted by Crippen LogP contribution is 2.41. The van der Waals surface area contributed by atoms with Gasteiger partial charge in [0.1, 0.15) is 0 Å². The van der Waals surface area contributed by atoms with Gasteiger partial charge in [-0.05, 0) is 37.1 Å². The summed E-state index contributed by atoms with van der Waals surface area (Å²) in [4.78, 5) is 17.8. The molecular formula is C16H12N4. The molecule has 4 nitrogen and oxygen atoms in total. The molecule has 0 saturated carbocycles. The molecule has 0 radical (unpaired) electrons. The first kappa shape index (κ1) is 11.2. The molecule has 0 unspecified atom stereocenters. The van der Waals surface area contributed by atoms with Gasteiger partial charge >= 0.3 is 0 Å². The third kappa shape index (κ3) is 1.42. The normalized spacial score (nSPS) is 19.5. The summed E-state index contributed by atoms with van der Waals surface area (Å²) < 4.78 is 0. The van der Waals surface area contributed by atoms with E-state index in [1.807, 2.05) is 0 Å². The second-order valence-electron chi connectivity index (χ2n) is 4.99. The topological polar surface area (TPSA) is 51.6 Å². The first-order valence-electron chi connectivity index (χ1n) is 6.50. The number of aromatic nitrogens is 4. The van der Waals surface area contributed by atoms with Gasteiger partial charge in [0.2, 0.25) is 0 Å². The van der Waals surface area contributed by atoms with Crippen LogP contribution in [0.2, 0.25) is 0 Å². The zero-order chi connectivity index (χ0) is 13.7. The number of allylic oxidation sites excluding steroid dienone is 6. The van der Waals surface area contributed by atoms with Crippen LogP contribution in [0.5, 0.6) is 0 Å². The van der Waals surface area contributed by atoms with Crippen LogP contribution in [0.3, 0.4) is 0 Å². The van der Waals surface area contributed by atoms with E-state index in [1.54, 1.807) is 24.8 Å². The van der Waals surface area contributed by atoms with Crippen LogP contribution >= 0.6 is 0 Å². The van der Waals surface area contributed by atoms with Gasteiger partial charge in [0.05, 0.1) is 22.8 Å². The fourth-order valence-corrected chi connectivity index (χ4v) is 2.76. The molecule has 2 aliphatic carbocycles. The number of hydrogen-bond acceptors (Lipinski definition) is 4. The van der Waals surface area contributed by atoms with Crippen molar-refractivity contribution in [3.05, 3.63) is 59.7 Å². The lowest BCUT2D eigenvalue weighted by Gasteiger charge is -2.04. The van der Waals surface area contributed by atoms with Gasteiger partial charge in [0, 0.05) is 35.9 Å². The quantitative estimate of drug-likeness (QED) is 0.730. The standard InChI is InChI=1S/C16H12N4/c1-9-7-11(15-13(9)17-3-5-19-15)12-8-10(2)14-16(12)20-6-4-18-14/h3-8H,1-2H3/b12-11-. The lowest BCUT2D eigenvalue weighted by atomic mass is 10.1. The van der Waals surface area contributed by atoms with E-state index in [4.69, 9.17) is 0 Å². The predicted molar refractivity (Wildman–Crippen MR) is 78.2 cm³/mol. The lowest BCUT2D eigenvalue weighted by molar-refractivity contribution is 1.14. The molecule has 2 aromatic heterocycles. The molecule has 0 spiro atoms. The van der Waals surface area contributed by atoms with E-state index in [0.29, 0.717) is 0 Å². The smallest absolute Gasteiger partial charge is 0.0968 e. The number of fused-ring (bicyclic) bond motifs is 2. The second-order valence-corrected chi connectivity index (χ2v) is 4.99. The molecule has 0 aromatic carbocycles. The molecule has 0 aliphatic heterocycles. The van der Waals surface area contributed by atoms with Crippen LogP contribution in [0, 0.1) is 0 Å². The van der Waals surface area contributed by atoms with E-state index >= 15 is 0 Å². The molecule has 0 amide bonds. The van der Waals surface area contributed by atoms with E-state index in [2.05, 4.69) is 45.9 Å². The fourth-order valence-electron chi connectivity index (χ4n) is 2.76. The van der Waals surface area contributed by atoms with Crippen molar-refractivity contribution >= 4 is 22.3 Å². The summed E-state index contributed by atoms with van der Waals surface area (Å²) in [7, 11) is 0. The Labute approximate surface area is 116 Å². The highest BCUT2D eigenvalue weighted by Gasteiger charge is 2.26. The monoisotopic (exact) mass is 260 g/mol. The number of rotatable bonds is 0. The molecule has 0 atom stereocenters. The molecule has 2 aromatic rings. The van der Waals surface area contributed by atoms with Gasteiger partial charge in [-0.1, -0.05) is 0 Å². The van der Waals surface area contributed by atoms with E-state index in [1.165, 1.54) is 0 Å². The minimum atomic E-state index is 0.933. The Morgan fingerprint density at radius 2 is 0.900 bits per heavy atom. The SMILES string of the molecule is CC1=C/C(=C2\C=C(C)c3nccnc32)c2nccnc21. The van der Waals surface area contributed by atoms with Crippen LogP contribution in [-0.4, -0.2) is 19.9 Å². The van der Waals surface area contributed by atoms with E-state index < -0.39 is 0 Å². The van der Waals surface area contributed by atoms with Gasteiger partial charge in [0.25, 0.3) is 0 Å². The zero-order valence-corrected chi connectivity index (χ0v) is 11.3. The minimum absolute atomic E-state index is 0.933. The summed E-state index contributed by atoms with van der Waals surface area (Å²) in [5, 5.41) is 0. The maximum atomic E-state index is 4.48. The molecule has 2 heterocycles. The molecule has 96 valence electrons. The zero-order valence-electron chi connectivity index (χ0n) is 11.3. The largest absolute Gasteiger partial charge is 0.253 e. The van der Waals surface area contributed by atoms with E-state index in [0.717, 1.165) is 45.1 Å². The average molecular weight is 260 g/mol. The van der Waals surface area contributed by atoms with Crippen molar-refractivity contribution < 1.29 is 0 Å². The fraction of sp³-hybridized carbons (Fsp3) is 0.125. The first-order valence-corrected chi connectivity index (χ1v) is 6.50. The van der Waals surface area contributed by atoms with E-state index in [9.17, 15) is 0 Å². The molecule has 0 bridgehead atoms. The van der Waals surface area contributed by atoms with Gasteiger partial charge in [-0.15, -0.1) is 0 Å². The van der Waals surface area contributed by atoms with E-state index in [-0.39, 0.29) is 0 Å². The maximum Gasteiger partial charge on any atom is 0.0968 e. The third-order valence-electron chi connectivity index (χ3n) is 3.67. The van der Waals surface area contributed by atoms with Crippen LogP contribution in [0.15, 0.2) is 36.9 Å². The Morgan fingerprint density at radius 1 is 0.550 bits per heavy atom. The summed E-state index contributed by atoms with van der Waals surface area (Å²) in [6.07, 6.45) is 11.2. The Kier molecular flexibility index (Phi) is 2.21. The second kappa shape index (κ2) is 3.93. The molecular weight excluding hydrogens is 248 g/mol. The number of hydrogen-bond donors (Lipinski definition) is 0. The summed E-state index contributed by atoms with van der Waals surface area (Å²) in [6.45, 7) is 4.12. The lowest BCUT2D eigenvalue weighted by Crippen LogP contribution is -1.95. The van der Waals surface area contributed by atoms with Crippen LogP contribution in [-0.2, 0) is 0 Å². The van der Waals surface area contributed by atoms with Gasteiger partial charge in [-0.3, -0.25) is 19.9 Å². The summed E-state index contributed by atoms with van der Waals surface area (Å²) in [5.41, 5.74) is 8.23. The van der Waals surface area contributed by atoms with Gasteiger partial charge in [-0.2, -0.15) is 0 Å². The van der Waals surface area contributed by atoms with Crippen LogP contribution in [0.25, 0.3) is 22.3 Å². The van der Waals surface area contributed by atoms with Crippen LogP contribution in [0.4, 0.5) is 0 Å². The van der Waals surface area contributed by atoms with Crippen LogP contribution in [0.1, 0.15) is 36.6 Å². The first-order chi connectivity index (χ1) is 9.75. The van der Waals surface area contributed by atoms with Crippen LogP contribution < -0.4 is 0 Å². The molecule has 20 heavy (non-hydrogen) atoms. The Balaban J connectivity index is 2.04. The Morgan fingerprint density at radius 3 is 1.30 bits per heavy atom.